The molecule has 1 heterocycles. The minimum atomic E-state index is -3.38. The number of nitrogens with one attached hydrogen (secondary N) is 1. The van der Waals surface area contributed by atoms with Crippen LogP contribution in [0, 0.1) is 0 Å². The van der Waals surface area contributed by atoms with Gasteiger partial charge in [0.05, 0.1) is 30.3 Å². The van der Waals surface area contributed by atoms with E-state index in [1.54, 1.807) is 6.07 Å². The SMILES string of the molecule is CCCCCS(=O)(=O)CC(=O)Nc1cc(Br)ccc1N1CCOCC1. The summed E-state index contributed by atoms with van der Waals surface area (Å²) in [6.07, 6.45) is 2.40. The molecule has 1 aromatic carbocycles. The lowest BCUT2D eigenvalue weighted by Gasteiger charge is -2.30. The van der Waals surface area contributed by atoms with Gasteiger partial charge in [0.15, 0.2) is 9.84 Å². The number of hydrogen-bond donors (Lipinski definition) is 1. The average molecular weight is 433 g/mol. The van der Waals surface area contributed by atoms with Crippen LogP contribution < -0.4 is 10.2 Å². The molecule has 0 aliphatic carbocycles. The van der Waals surface area contributed by atoms with E-state index in [-0.39, 0.29) is 5.75 Å². The Balaban J connectivity index is 2.05. The molecule has 0 saturated carbocycles. The van der Waals surface area contributed by atoms with E-state index >= 15 is 0 Å². The van der Waals surface area contributed by atoms with E-state index in [4.69, 9.17) is 4.74 Å². The minimum Gasteiger partial charge on any atom is -0.378 e. The monoisotopic (exact) mass is 432 g/mol. The second-order valence-electron chi connectivity index (χ2n) is 6.11. The summed E-state index contributed by atoms with van der Waals surface area (Å²) in [6.45, 7) is 4.75. The lowest BCUT2D eigenvalue weighted by Crippen LogP contribution is -2.37. The van der Waals surface area contributed by atoms with Gasteiger partial charge in [0.25, 0.3) is 0 Å². The zero-order chi connectivity index (χ0) is 18.3. The van der Waals surface area contributed by atoms with Gasteiger partial charge in [-0.2, -0.15) is 0 Å². The van der Waals surface area contributed by atoms with Crippen LogP contribution in [0.3, 0.4) is 0 Å². The number of morpholine rings is 1. The first-order valence-corrected chi connectivity index (χ1v) is 11.2. The first kappa shape index (κ1) is 20.2. The van der Waals surface area contributed by atoms with Crippen molar-refractivity contribution in [3.05, 3.63) is 22.7 Å². The van der Waals surface area contributed by atoms with Crippen molar-refractivity contribution in [1.82, 2.24) is 0 Å². The smallest absolute Gasteiger partial charge is 0.239 e. The molecule has 1 N–H and O–H groups in total. The number of ether oxygens (including phenoxy) is 1. The Hall–Kier alpha value is -1.12. The number of anilines is 2. The average Bonchev–Trinajstić information content (AvgIpc) is 2.55. The molecule has 0 spiro atoms. The number of nitrogens with zero attached hydrogens (tertiary/aromatic N) is 1. The van der Waals surface area contributed by atoms with Gasteiger partial charge >= 0.3 is 0 Å². The molecule has 25 heavy (non-hydrogen) atoms. The Kier molecular flexibility index (Phi) is 7.71. The Morgan fingerprint density at radius 3 is 2.68 bits per heavy atom. The summed E-state index contributed by atoms with van der Waals surface area (Å²) in [4.78, 5) is 14.4. The molecule has 1 aliphatic rings. The second kappa shape index (κ2) is 9.54. The fraction of sp³-hybridized carbons (Fsp3) is 0.588. The third-order valence-corrected chi connectivity index (χ3v) is 6.10. The van der Waals surface area contributed by atoms with E-state index in [0.717, 1.165) is 36.1 Å². The lowest BCUT2D eigenvalue weighted by atomic mass is 10.2. The standard InChI is InChI=1S/C17H25BrN2O4S/c1-2-3-4-11-25(22,23)13-17(21)19-15-12-14(18)5-6-16(15)20-7-9-24-10-8-20/h5-6,12H,2-4,7-11,13H2,1H3,(H,19,21). The number of carbonyl (C=O) groups is 1. The van der Waals surface area contributed by atoms with Gasteiger partial charge in [-0.15, -0.1) is 0 Å². The highest BCUT2D eigenvalue weighted by Crippen LogP contribution is 2.30. The fourth-order valence-corrected chi connectivity index (χ4v) is 4.34. The van der Waals surface area contributed by atoms with Gasteiger partial charge in [0.2, 0.25) is 5.91 Å². The zero-order valence-corrected chi connectivity index (χ0v) is 16.9. The number of unbranched alkanes of at least 4 members (excludes halogenated alkanes) is 2. The summed E-state index contributed by atoms with van der Waals surface area (Å²) in [5.74, 6) is -0.918. The molecule has 2 rings (SSSR count). The fourth-order valence-electron chi connectivity index (χ4n) is 2.72. The van der Waals surface area contributed by atoms with Crippen molar-refractivity contribution < 1.29 is 17.9 Å². The highest BCUT2D eigenvalue weighted by molar-refractivity contribution is 9.10. The normalized spacial score (nSPS) is 15.2. The van der Waals surface area contributed by atoms with E-state index in [9.17, 15) is 13.2 Å². The number of hydrogen-bond acceptors (Lipinski definition) is 5. The molecule has 0 aromatic heterocycles. The van der Waals surface area contributed by atoms with E-state index in [0.29, 0.717) is 25.3 Å². The first-order valence-electron chi connectivity index (χ1n) is 8.54. The predicted octanol–water partition coefficient (Wildman–Crippen LogP) is 2.83. The van der Waals surface area contributed by atoms with Gasteiger partial charge < -0.3 is 15.0 Å². The molecular formula is C17H25BrN2O4S. The molecule has 1 aromatic rings. The summed E-state index contributed by atoms with van der Waals surface area (Å²) in [6, 6.07) is 5.62. The second-order valence-corrected chi connectivity index (χ2v) is 9.21. The molecule has 0 atom stereocenters. The van der Waals surface area contributed by atoms with Crippen LogP contribution >= 0.6 is 15.9 Å². The summed E-state index contributed by atoms with van der Waals surface area (Å²) in [5, 5.41) is 2.76. The Morgan fingerprint density at radius 1 is 1.28 bits per heavy atom. The van der Waals surface area contributed by atoms with Crippen molar-refractivity contribution in [2.45, 2.75) is 26.2 Å². The molecule has 1 fully saturated rings. The molecular weight excluding hydrogens is 408 g/mol. The molecule has 0 unspecified atom stereocenters. The number of amides is 1. The van der Waals surface area contributed by atoms with Crippen LogP contribution in [0.5, 0.6) is 0 Å². The van der Waals surface area contributed by atoms with Crippen molar-refractivity contribution in [2.24, 2.45) is 0 Å². The molecule has 0 radical (unpaired) electrons. The Labute approximate surface area is 158 Å². The van der Waals surface area contributed by atoms with Crippen LogP contribution in [0.25, 0.3) is 0 Å². The summed E-state index contributed by atoms with van der Waals surface area (Å²) in [5.41, 5.74) is 1.49. The van der Waals surface area contributed by atoms with E-state index in [2.05, 4.69) is 26.1 Å². The highest BCUT2D eigenvalue weighted by Gasteiger charge is 2.20. The molecule has 140 valence electrons. The molecule has 1 amide bonds. The van der Waals surface area contributed by atoms with Crippen LogP contribution in [-0.2, 0) is 19.4 Å². The van der Waals surface area contributed by atoms with E-state index in [1.807, 2.05) is 19.1 Å². The van der Waals surface area contributed by atoms with Crippen molar-refractivity contribution in [2.75, 3.05) is 48.0 Å². The van der Waals surface area contributed by atoms with Gasteiger partial charge in [0.1, 0.15) is 5.75 Å². The van der Waals surface area contributed by atoms with Crippen molar-refractivity contribution in [3.63, 3.8) is 0 Å². The molecule has 8 heteroatoms. The molecule has 6 nitrogen and oxygen atoms in total. The maximum absolute atomic E-state index is 12.3. The number of benzene rings is 1. The first-order chi connectivity index (χ1) is 11.9. The van der Waals surface area contributed by atoms with E-state index in [1.165, 1.54) is 0 Å². The topological polar surface area (TPSA) is 75.7 Å². The molecule has 0 bridgehead atoms. The van der Waals surface area contributed by atoms with Gasteiger partial charge in [-0.3, -0.25) is 4.79 Å². The van der Waals surface area contributed by atoms with E-state index < -0.39 is 21.5 Å². The van der Waals surface area contributed by atoms with Crippen molar-refractivity contribution in [1.29, 1.82) is 0 Å². The van der Waals surface area contributed by atoms with Crippen LogP contribution in [0.2, 0.25) is 0 Å². The van der Waals surface area contributed by atoms with Gasteiger partial charge in [-0.25, -0.2) is 8.42 Å². The minimum absolute atomic E-state index is 0.0586. The Morgan fingerprint density at radius 2 is 2.00 bits per heavy atom. The highest BCUT2D eigenvalue weighted by atomic mass is 79.9. The van der Waals surface area contributed by atoms with Gasteiger partial charge in [0, 0.05) is 17.6 Å². The number of carbonyl (C=O) groups excluding carboxylic acids is 1. The largest absolute Gasteiger partial charge is 0.378 e. The predicted molar refractivity (Wildman–Crippen MR) is 104 cm³/mol. The number of halogens is 1. The van der Waals surface area contributed by atoms with Crippen LogP contribution in [0.15, 0.2) is 22.7 Å². The van der Waals surface area contributed by atoms with Crippen LogP contribution in [0.1, 0.15) is 26.2 Å². The molecule has 1 saturated heterocycles. The van der Waals surface area contributed by atoms with Gasteiger partial charge in [-0.1, -0.05) is 35.7 Å². The van der Waals surface area contributed by atoms with Crippen LogP contribution in [-0.4, -0.2) is 52.1 Å². The maximum atomic E-state index is 12.3. The Bertz CT molecular complexity index is 688. The summed E-state index contributed by atoms with van der Waals surface area (Å²) in [7, 11) is -3.38. The lowest BCUT2D eigenvalue weighted by molar-refractivity contribution is -0.113. The summed E-state index contributed by atoms with van der Waals surface area (Å²) >= 11 is 3.40. The zero-order valence-electron chi connectivity index (χ0n) is 14.5. The third-order valence-electron chi connectivity index (χ3n) is 3.99. The van der Waals surface area contributed by atoms with Gasteiger partial charge in [-0.05, 0) is 24.6 Å². The quantitative estimate of drug-likeness (QED) is 0.639. The number of rotatable bonds is 8. The van der Waals surface area contributed by atoms with Crippen LogP contribution in [0.4, 0.5) is 11.4 Å². The van der Waals surface area contributed by atoms with Crippen molar-refractivity contribution >= 4 is 43.0 Å². The molecule has 1 aliphatic heterocycles. The summed E-state index contributed by atoms with van der Waals surface area (Å²) < 4.78 is 30.3. The third kappa shape index (κ3) is 6.60. The maximum Gasteiger partial charge on any atom is 0.239 e. The van der Waals surface area contributed by atoms with Crippen molar-refractivity contribution in [3.8, 4) is 0 Å². The number of sulfone groups is 1.